The smallest absolute Gasteiger partial charge is 0.238 e. The summed E-state index contributed by atoms with van der Waals surface area (Å²) in [4.78, 5) is 58.5. The standard InChI is InChI=1S/C34H30N2O7/c1-42-20-15-25(37)30(26(16-20)43-2)28-21-13-14-22-27(33(40)35(31(22)38)18-9-5-3-6-10-18)23(21)17-24-29(28)34(41)36(32(24)39)19-11-7-4-8-12-19/h3-13,15-16,22-24,27-29,37H,14,17H2,1-2H3. The van der Waals surface area contributed by atoms with Gasteiger partial charge in [0.05, 0.1) is 49.3 Å². The first-order chi connectivity index (χ1) is 20.8. The molecule has 1 N–H and O–H groups in total. The predicted octanol–water partition coefficient (Wildman–Crippen LogP) is 4.45. The average Bonchev–Trinajstić information content (AvgIpc) is 3.44. The van der Waals surface area contributed by atoms with Crippen LogP contribution in [0.25, 0.3) is 0 Å². The number of hydrogen-bond donors (Lipinski definition) is 1. The van der Waals surface area contributed by atoms with E-state index in [0.29, 0.717) is 34.9 Å². The van der Waals surface area contributed by atoms with Crippen LogP contribution in [-0.2, 0) is 19.2 Å². The van der Waals surface area contributed by atoms with Crippen molar-refractivity contribution in [3.05, 3.63) is 90.0 Å². The second-order valence-corrected chi connectivity index (χ2v) is 11.5. The number of benzene rings is 3. The van der Waals surface area contributed by atoms with E-state index in [9.17, 15) is 24.3 Å². The summed E-state index contributed by atoms with van der Waals surface area (Å²) in [6.45, 7) is 0. The molecule has 2 aliphatic carbocycles. The van der Waals surface area contributed by atoms with Crippen LogP contribution in [0.3, 0.4) is 0 Å². The van der Waals surface area contributed by atoms with Crippen LogP contribution in [0.4, 0.5) is 11.4 Å². The Morgan fingerprint density at radius 2 is 1.28 bits per heavy atom. The van der Waals surface area contributed by atoms with Crippen molar-refractivity contribution in [1.29, 1.82) is 0 Å². The third-order valence-electron chi connectivity index (χ3n) is 9.54. The van der Waals surface area contributed by atoms with Crippen molar-refractivity contribution in [1.82, 2.24) is 0 Å². The van der Waals surface area contributed by atoms with Crippen LogP contribution in [0.5, 0.6) is 17.2 Å². The van der Waals surface area contributed by atoms with Gasteiger partial charge in [-0.05, 0) is 43.0 Å². The van der Waals surface area contributed by atoms with E-state index in [1.807, 2.05) is 18.2 Å². The van der Waals surface area contributed by atoms with E-state index >= 15 is 0 Å². The van der Waals surface area contributed by atoms with Gasteiger partial charge in [0.25, 0.3) is 0 Å². The lowest BCUT2D eigenvalue weighted by Gasteiger charge is -2.44. The maximum Gasteiger partial charge on any atom is 0.238 e. The highest BCUT2D eigenvalue weighted by Gasteiger charge is 2.63. The van der Waals surface area contributed by atoms with E-state index in [1.54, 1.807) is 54.6 Å². The number of phenolic OH excluding ortho intramolecular Hbond substituents is 1. The molecule has 4 amide bonds. The highest BCUT2D eigenvalue weighted by molar-refractivity contribution is 6.24. The van der Waals surface area contributed by atoms with Crippen molar-refractivity contribution < 1.29 is 33.8 Å². The van der Waals surface area contributed by atoms with E-state index in [4.69, 9.17) is 9.47 Å². The number of anilines is 2. The summed E-state index contributed by atoms with van der Waals surface area (Å²) in [6.07, 6.45) is 2.49. The lowest BCUT2D eigenvalue weighted by molar-refractivity contribution is -0.126. The Balaban J connectivity index is 1.39. The number of rotatable bonds is 5. The molecule has 3 aromatic carbocycles. The molecule has 6 atom stereocenters. The first-order valence-electron chi connectivity index (χ1n) is 14.4. The van der Waals surface area contributed by atoms with Gasteiger partial charge in [-0.3, -0.25) is 29.0 Å². The molecule has 9 nitrogen and oxygen atoms in total. The molecule has 6 unspecified atom stereocenters. The zero-order chi connectivity index (χ0) is 30.0. The number of carbonyl (C=O) groups is 4. The third-order valence-corrected chi connectivity index (χ3v) is 9.54. The normalized spacial score (nSPS) is 27.9. The van der Waals surface area contributed by atoms with Gasteiger partial charge >= 0.3 is 0 Å². The fourth-order valence-corrected chi connectivity index (χ4v) is 7.76. The Bertz CT molecular complexity index is 1690. The Labute approximate surface area is 248 Å². The Morgan fingerprint density at radius 3 is 1.86 bits per heavy atom. The van der Waals surface area contributed by atoms with Crippen LogP contribution >= 0.6 is 0 Å². The molecule has 2 heterocycles. The van der Waals surface area contributed by atoms with E-state index in [1.165, 1.54) is 30.1 Å². The highest BCUT2D eigenvalue weighted by atomic mass is 16.5. The molecule has 4 aliphatic rings. The highest BCUT2D eigenvalue weighted by Crippen LogP contribution is 2.60. The van der Waals surface area contributed by atoms with E-state index in [-0.39, 0.29) is 35.8 Å². The topological polar surface area (TPSA) is 113 Å². The number of hydrogen-bond acceptors (Lipinski definition) is 7. The third kappa shape index (κ3) is 3.91. The Morgan fingerprint density at radius 1 is 0.698 bits per heavy atom. The summed E-state index contributed by atoms with van der Waals surface area (Å²) in [5.74, 6) is -4.89. The number of amides is 4. The van der Waals surface area contributed by atoms with E-state index in [0.717, 1.165) is 5.57 Å². The number of aromatic hydroxyl groups is 1. The molecule has 0 bridgehead atoms. The Hall–Kier alpha value is -4.92. The van der Waals surface area contributed by atoms with Gasteiger partial charge in [-0.25, -0.2) is 0 Å². The minimum absolute atomic E-state index is 0.137. The van der Waals surface area contributed by atoms with Crippen LogP contribution in [0.2, 0.25) is 0 Å². The van der Waals surface area contributed by atoms with Crippen LogP contribution in [0.1, 0.15) is 24.3 Å². The first kappa shape index (κ1) is 26.9. The summed E-state index contributed by atoms with van der Waals surface area (Å²) in [5.41, 5.74) is 2.11. The molecule has 218 valence electrons. The zero-order valence-corrected chi connectivity index (χ0v) is 23.7. The van der Waals surface area contributed by atoms with Gasteiger partial charge < -0.3 is 14.6 Å². The van der Waals surface area contributed by atoms with Crippen molar-refractivity contribution in [2.45, 2.75) is 18.8 Å². The van der Waals surface area contributed by atoms with Gasteiger partial charge in [-0.2, -0.15) is 0 Å². The van der Waals surface area contributed by atoms with E-state index < -0.39 is 35.5 Å². The molecule has 2 aliphatic heterocycles. The quantitative estimate of drug-likeness (QED) is 0.352. The SMILES string of the molecule is COc1cc(O)c(C2C3=CCC4C(=O)N(c5ccccc5)C(=O)C4C3CC3C(=O)N(c4ccccc4)C(=O)C32)c(OC)c1. The van der Waals surface area contributed by atoms with Crippen LogP contribution in [0, 0.1) is 29.6 Å². The molecule has 0 spiro atoms. The number of fused-ring (bicyclic) bond motifs is 4. The second-order valence-electron chi connectivity index (χ2n) is 11.5. The number of methoxy groups -OCH3 is 2. The molecule has 3 aromatic rings. The van der Waals surface area contributed by atoms with Crippen molar-refractivity contribution >= 4 is 35.0 Å². The predicted molar refractivity (Wildman–Crippen MR) is 157 cm³/mol. The van der Waals surface area contributed by atoms with Crippen molar-refractivity contribution in [2.75, 3.05) is 24.0 Å². The van der Waals surface area contributed by atoms with Crippen LogP contribution in [-0.4, -0.2) is 43.0 Å². The second kappa shape index (κ2) is 10.1. The number of imide groups is 2. The Kier molecular flexibility index (Phi) is 6.34. The molecule has 9 heteroatoms. The number of ether oxygens (including phenoxy) is 2. The van der Waals surface area contributed by atoms with Gasteiger partial charge in [0.2, 0.25) is 23.6 Å². The van der Waals surface area contributed by atoms with Gasteiger partial charge in [0.1, 0.15) is 17.2 Å². The molecular weight excluding hydrogens is 548 g/mol. The number of para-hydroxylation sites is 2. The maximum atomic E-state index is 14.2. The lowest BCUT2D eigenvalue weighted by Crippen LogP contribution is -2.43. The van der Waals surface area contributed by atoms with Crippen LogP contribution < -0.4 is 19.3 Å². The number of phenols is 1. The largest absolute Gasteiger partial charge is 0.507 e. The van der Waals surface area contributed by atoms with Crippen molar-refractivity contribution in [3.63, 3.8) is 0 Å². The maximum absolute atomic E-state index is 14.2. The minimum atomic E-state index is -0.836. The number of allylic oxidation sites excluding steroid dienone is 2. The summed E-state index contributed by atoms with van der Waals surface area (Å²) in [6, 6.07) is 20.7. The van der Waals surface area contributed by atoms with Crippen LogP contribution in [0.15, 0.2) is 84.4 Å². The molecule has 0 aromatic heterocycles. The van der Waals surface area contributed by atoms with Gasteiger partial charge in [-0.1, -0.05) is 48.0 Å². The van der Waals surface area contributed by atoms with Crippen molar-refractivity contribution in [2.24, 2.45) is 29.6 Å². The first-order valence-corrected chi connectivity index (χ1v) is 14.4. The van der Waals surface area contributed by atoms with Gasteiger partial charge in [-0.15, -0.1) is 0 Å². The van der Waals surface area contributed by atoms with E-state index in [2.05, 4.69) is 0 Å². The molecule has 43 heavy (non-hydrogen) atoms. The minimum Gasteiger partial charge on any atom is -0.507 e. The van der Waals surface area contributed by atoms with Gasteiger partial charge in [0.15, 0.2) is 0 Å². The zero-order valence-electron chi connectivity index (χ0n) is 23.7. The monoisotopic (exact) mass is 578 g/mol. The number of nitrogens with zero attached hydrogens (tertiary/aromatic N) is 2. The number of carbonyl (C=O) groups excluding carboxylic acids is 4. The fraction of sp³-hybridized carbons (Fsp3) is 0.294. The summed E-state index contributed by atoms with van der Waals surface area (Å²) in [5, 5.41) is 11.4. The molecule has 3 fully saturated rings. The summed E-state index contributed by atoms with van der Waals surface area (Å²) < 4.78 is 11.1. The molecule has 0 radical (unpaired) electrons. The molecular formula is C34H30N2O7. The molecule has 2 saturated heterocycles. The molecule has 7 rings (SSSR count). The lowest BCUT2D eigenvalue weighted by atomic mass is 9.57. The van der Waals surface area contributed by atoms with Crippen molar-refractivity contribution in [3.8, 4) is 17.2 Å². The summed E-state index contributed by atoms with van der Waals surface area (Å²) in [7, 11) is 2.94. The van der Waals surface area contributed by atoms with Gasteiger partial charge in [0, 0.05) is 23.6 Å². The average molecular weight is 579 g/mol. The summed E-state index contributed by atoms with van der Waals surface area (Å²) >= 11 is 0. The molecule has 1 saturated carbocycles. The fourth-order valence-electron chi connectivity index (χ4n) is 7.76.